The van der Waals surface area contributed by atoms with Gasteiger partial charge in [-0.1, -0.05) is 50.2 Å². The summed E-state index contributed by atoms with van der Waals surface area (Å²) in [5.74, 6) is -0.763. The molecule has 9 heteroatoms. The van der Waals surface area contributed by atoms with Crippen molar-refractivity contribution in [3.8, 4) is 11.1 Å². The average molecular weight is 534 g/mol. The molecule has 0 aliphatic carbocycles. The average Bonchev–Trinajstić information content (AvgIpc) is 3.35. The van der Waals surface area contributed by atoms with Crippen molar-refractivity contribution in [3.05, 3.63) is 89.7 Å². The second-order valence-electron chi connectivity index (χ2n) is 9.91. The molecule has 3 aromatic rings. The molecule has 37 heavy (non-hydrogen) atoms. The van der Waals surface area contributed by atoms with Gasteiger partial charge in [-0.25, -0.2) is 12.8 Å². The van der Waals surface area contributed by atoms with Gasteiger partial charge in [0.1, 0.15) is 5.82 Å². The highest BCUT2D eigenvalue weighted by molar-refractivity contribution is 7.89. The number of hydrogen-bond acceptors (Lipinski definition) is 3. The third-order valence-corrected chi connectivity index (χ3v) is 8.72. The van der Waals surface area contributed by atoms with Crippen LogP contribution in [0.25, 0.3) is 11.1 Å². The molecule has 1 aliphatic heterocycles. The minimum atomic E-state index is -4.42. The van der Waals surface area contributed by atoms with Crippen LogP contribution in [0.3, 0.4) is 0 Å². The van der Waals surface area contributed by atoms with Gasteiger partial charge in [0.25, 0.3) is 0 Å². The SMILES string of the molecule is CC(C)(CC(=O)[C@@H]1CCCN1S(=O)(=O)c1ccc(F)cc1)c1cccc(-c2ccc(C(F)(F)F)cc2)c1. The maximum absolute atomic E-state index is 13.4. The van der Waals surface area contributed by atoms with Gasteiger partial charge >= 0.3 is 6.18 Å². The summed E-state index contributed by atoms with van der Waals surface area (Å²) in [5.41, 5.74) is 0.754. The largest absolute Gasteiger partial charge is 0.416 e. The molecule has 1 atom stereocenters. The van der Waals surface area contributed by atoms with Gasteiger partial charge in [-0.15, -0.1) is 0 Å². The second kappa shape index (κ2) is 10.0. The van der Waals surface area contributed by atoms with Gasteiger partial charge in [0, 0.05) is 13.0 Å². The molecule has 1 heterocycles. The lowest BCUT2D eigenvalue weighted by molar-refractivity contribution is -0.137. The molecule has 4 rings (SSSR count). The smallest absolute Gasteiger partial charge is 0.298 e. The van der Waals surface area contributed by atoms with Crippen molar-refractivity contribution in [2.75, 3.05) is 6.54 Å². The molecular weight excluding hydrogens is 506 g/mol. The fourth-order valence-corrected chi connectivity index (χ4v) is 6.40. The zero-order valence-electron chi connectivity index (χ0n) is 20.4. The summed E-state index contributed by atoms with van der Waals surface area (Å²) in [6.07, 6.45) is -3.40. The molecule has 196 valence electrons. The predicted octanol–water partition coefficient (Wildman–Crippen LogP) is 6.60. The summed E-state index contributed by atoms with van der Waals surface area (Å²) >= 11 is 0. The van der Waals surface area contributed by atoms with Crippen LogP contribution < -0.4 is 0 Å². The number of benzene rings is 3. The number of Topliss-reactive ketones (excluding diaryl/α,β-unsaturated/α-hetero) is 1. The maximum Gasteiger partial charge on any atom is 0.416 e. The Morgan fingerprint density at radius 2 is 1.57 bits per heavy atom. The fraction of sp³-hybridized carbons (Fsp3) is 0.321. The Hall–Kier alpha value is -3.04. The van der Waals surface area contributed by atoms with Crippen LogP contribution in [0.2, 0.25) is 0 Å². The van der Waals surface area contributed by atoms with Crippen LogP contribution >= 0.6 is 0 Å². The number of rotatable bonds is 7. The van der Waals surface area contributed by atoms with Crippen molar-refractivity contribution in [1.29, 1.82) is 0 Å². The van der Waals surface area contributed by atoms with Gasteiger partial charge in [0.2, 0.25) is 10.0 Å². The van der Waals surface area contributed by atoms with Crippen LogP contribution in [0.4, 0.5) is 17.6 Å². The van der Waals surface area contributed by atoms with Gasteiger partial charge in [-0.3, -0.25) is 4.79 Å². The van der Waals surface area contributed by atoms with Crippen molar-refractivity contribution in [3.63, 3.8) is 0 Å². The second-order valence-corrected chi connectivity index (χ2v) is 11.8. The first kappa shape index (κ1) is 27.0. The van der Waals surface area contributed by atoms with Crippen LogP contribution in [0, 0.1) is 5.82 Å². The minimum Gasteiger partial charge on any atom is -0.298 e. The number of halogens is 4. The molecule has 0 spiro atoms. The predicted molar refractivity (Wildman–Crippen MR) is 133 cm³/mol. The van der Waals surface area contributed by atoms with Crippen LogP contribution in [-0.2, 0) is 26.4 Å². The lowest BCUT2D eigenvalue weighted by atomic mass is 9.78. The first-order valence-electron chi connectivity index (χ1n) is 11.9. The molecule has 0 amide bonds. The van der Waals surface area contributed by atoms with Crippen LogP contribution in [0.1, 0.15) is 44.2 Å². The Balaban J connectivity index is 1.54. The van der Waals surface area contributed by atoms with Crippen molar-refractivity contribution in [1.82, 2.24) is 4.31 Å². The molecule has 0 N–H and O–H groups in total. The summed E-state index contributed by atoms with van der Waals surface area (Å²) in [6, 6.07) is 15.9. The number of carbonyl (C=O) groups is 1. The van der Waals surface area contributed by atoms with Crippen molar-refractivity contribution in [2.24, 2.45) is 0 Å². The Labute approximate surface area is 214 Å². The quantitative estimate of drug-likeness (QED) is 0.322. The Morgan fingerprint density at radius 1 is 0.919 bits per heavy atom. The molecule has 3 aromatic carbocycles. The monoisotopic (exact) mass is 533 g/mol. The molecular formula is C28H27F4NO3S. The molecule has 4 nitrogen and oxygen atoms in total. The van der Waals surface area contributed by atoms with Gasteiger partial charge < -0.3 is 0 Å². The summed E-state index contributed by atoms with van der Waals surface area (Å²) in [7, 11) is -3.96. The normalized spacial score (nSPS) is 17.2. The first-order valence-corrected chi connectivity index (χ1v) is 13.3. The zero-order chi connectivity index (χ0) is 27.0. The third kappa shape index (κ3) is 5.78. The Kier molecular flexibility index (Phi) is 7.32. The van der Waals surface area contributed by atoms with E-state index in [0.717, 1.165) is 29.8 Å². The third-order valence-electron chi connectivity index (χ3n) is 6.80. The number of sulfonamides is 1. The zero-order valence-corrected chi connectivity index (χ0v) is 21.2. The molecule has 0 unspecified atom stereocenters. The summed E-state index contributed by atoms with van der Waals surface area (Å²) < 4.78 is 79.6. The van der Waals surface area contributed by atoms with E-state index in [-0.39, 0.29) is 23.6 Å². The fourth-order valence-electron chi connectivity index (χ4n) is 4.72. The van der Waals surface area contributed by atoms with E-state index in [0.29, 0.717) is 24.0 Å². The number of ketones is 1. The molecule has 1 aliphatic rings. The highest BCUT2D eigenvalue weighted by Gasteiger charge is 2.41. The first-order chi connectivity index (χ1) is 17.3. The number of hydrogen-bond donors (Lipinski definition) is 0. The summed E-state index contributed by atoms with van der Waals surface area (Å²) in [6.45, 7) is 3.97. The lowest BCUT2D eigenvalue weighted by Gasteiger charge is -2.29. The van der Waals surface area contributed by atoms with Crippen molar-refractivity contribution >= 4 is 15.8 Å². The number of nitrogens with zero attached hydrogens (tertiary/aromatic N) is 1. The van der Waals surface area contributed by atoms with Crippen molar-refractivity contribution < 1.29 is 30.8 Å². The van der Waals surface area contributed by atoms with Crippen LogP contribution in [0.15, 0.2) is 77.7 Å². The highest BCUT2D eigenvalue weighted by atomic mass is 32.2. The topological polar surface area (TPSA) is 54.5 Å². The molecule has 0 bridgehead atoms. The minimum absolute atomic E-state index is 0.0582. The van der Waals surface area contributed by atoms with Crippen LogP contribution in [0.5, 0.6) is 0 Å². The Bertz CT molecular complexity index is 1380. The lowest BCUT2D eigenvalue weighted by Crippen LogP contribution is -2.42. The molecule has 0 radical (unpaired) electrons. The summed E-state index contributed by atoms with van der Waals surface area (Å²) in [5, 5.41) is 0. The van der Waals surface area contributed by atoms with Gasteiger partial charge in [0.05, 0.1) is 16.5 Å². The van der Waals surface area contributed by atoms with Crippen molar-refractivity contribution in [2.45, 2.75) is 55.6 Å². The van der Waals surface area contributed by atoms with Crippen LogP contribution in [-0.4, -0.2) is 31.1 Å². The van der Waals surface area contributed by atoms with E-state index in [4.69, 9.17) is 0 Å². The molecule has 1 saturated heterocycles. The number of carbonyl (C=O) groups excluding carboxylic acids is 1. The molecule has 0 aromatic heterocycles. The van der Waals surface area contributed by atoms with E-state index < -0.39 is 39.0 Å². The highest BCUT2D eigenvalue weighted by Crippen LogP contribution is 2.35. The van der Waals surface area contributed by atoms with Gasteiger partial charge in [0.15, 0.2) is 5.78 Å². The molecule has 1 fully saturated rings. The van der Waals surface area contributed by atoms with Gasteiger partial charge in [-0.2, -0.15) is 17.5 Å². The van der Waals surface area contributed by atoms with E-state index in [1.807, 2.05) is 26.0 Å². The van der Waals surface area contributed by atoms with E-state index in [2.05, 4.69) is 0 Å². The standard InChI is InChI=1S/C28H27F4NO3S/c1-27(2,22-6-3-5-20(17-22)19-8-10-21(11-9-19)28(30,31)32)18-26(34)25-7-4-16-33(25)37(35,36)24-14-12-23(29)13-15-24/h3,5-6,8-15,17,25H,4,7,16,18H2,1-2H3/t25-/m0/s1. The number of alkyl halides is 3. The van der Waals surface area contributed by atoms with E-state index in [9.17, 15) is 30.8 Å². The van der Waals surface area contributed by atoms with E-state index in [1.165, 1.54) is 28.6 Å². The maximum atomic E-state index is 13.4. The van der Waals surface area contributed by atoms with Gasteiger partial charge in [-0.05, 0) is 71.3 Å². The Morgan fingerprint density at radius 3 is 2.19 bits per heavy atom. The molecule has 0 saturated carbocycles. The van der Waals surface area contributed by atoms with E-state index in [1.54, 1.807) is 12.1 Å². The summed E-state index contributed by atoms with van der Waals surface area (Å²) in [4.78, 5) is 13.3. The van der Waals surface area contributed by atoms with E-state index >= 15 is 0 Å².